The molecule has 1 unspecified atom stereocenters. The molecular formula is C13H22N4O2. The third kappa shape index (κ3) is 2.18. The number of hydrogen-bond acceptors (Lipinski definition) is 3. The molecule has 0 spiro atoms. The molecule has 2 aliphatic heterocycles. The highest BCUT2D eigenvalue weighted by Gasteiger charge is 2.41. The summed E-state index contributed by atoms with van der Waals surface area (Å²) in [6.07, 6.45) is 2.28. The van der Waals surface area contributed by atoms with Crippen molar-refractivity contribution in [2.45, 2.75) is 18.9 Å². The molecule has 19 heavy (non-hydrogen) atoms. The quantitative estimate of drug-likeness (QED) is 0.736. The third-order valence-corrected chi connectivity index (χ3v) is 4.89. The Morgan fingerprint density at radius 3 is 2.42 bits per heavy atom. The van der Waals surface area contributed by atoms with Crippen molar-refractivity contribution in [3.63, 3.8) is 0 Å². The maximum atomic E-state index is 12.3. The van der Waals surface area contributed by atoms with Crippen molar-refractivity contribution in [1.29, 1.82) is 0 Å². The van der Waals surface area contributed by atoms with Gasteiger partial charge in [0.05, 0.1) is 0 Å². The Morgan fingerprint density at radius 1 is 1.26 bits per heavy atom. The Kier molecular flexibility index (Phi) is 3.12. The summed E-state index contributed by atoms with van der Waals surface area (Å²) in [5.74, 6) is 0.992. The first-order valence-corrected chi connectivity index (χ1v) is 7.09. The number of piperidine rings is 1. The van der Waals surface area contributed by atoms with Crippen LogP contribution in [0.2, 0.25) is 0 Å². The fourth-order valence-electron chi connectivity index (χ4n) is 3.58. The van der Waals surface area contributed by atoms with Gasteiger partial charge in [0.1, 0.15) is 6.54 Å². The van der Waals surface area contributed by atoms with E-state index in [-0.39, 0.29) is 24.5 Å². The molecule has 106 valence electrons. The number of carbonyl (C=O) groups is 2. The minimum atomic E-state index is -0.0370. The van der Waals surface area contributed by atoms with E-state index in [0.717, 1.165) is 25.9 Å². The van der Waals surface area contributed by atoms with E-state index in [9.17, 15) is 9.59 Å². The summed E-state index contributed by atoms with van der Waals surface area (Å²) < 4.78 is 0. The highest BCUT2D eigenvalue weighted by Crippen LogP contribution is 2.35. The molecule has 3 atom stereocenters. The molecule has 0 aromatic carbocycles. The first-order chi connectivity index (χ1) is 9.06. The molecule has 3 fully saturated rings. The predicted molar refractivity (Wildman–Crippen MR) is 70.4 cm³/mol. The van der Waals surface area contributed by atoms with Crippen molar-refractivity contribution in [3.8, 4) is 0 Å². The average molecular weight is 266 g/mol. The Bertz CT molecular complexity index is 386. The van der Waals surface area contributed by atoms with Gasteiger partial charge in [0.25, 0.3) is 0 Å². The van der Waals surface area contributed by atoms with E-state index in [1.165, 1.54) is 0 Å². The number of urea groups is 1. The molecule has 6 heteroatoms. The number of likely N-dealkylation sites (N-methyl/N-ethyl adjacent to an activating group) is 1. The van der Waals surface area contributed by atoms with Gasteiger partial charge < -0.3 is 20.4 Å². The number of fused-ring (bicyclic) bond motifs is 2. The van der Waals surface area contributed by atoms with Crippen LogP contribution in [0.15, 0.2) is 0 Å². The standard InChI is InChI=1S/C13H22N4O2/c1-15-4-5-16(13(15)19)8-11(18)17-6-9-2-3-10(7-17)12(9)14/h9-10,12H,2-8,14H2,1H3/t9-,10+,12?. The highest BCUT2D eigenvalue weighted by atomic mass is 16.2. The van der Waals surface area contributed by atoms with Crippen LogP contribution in [0.25, 0.3) is 0 Å². The van der Waals surface area contributed by atoms with Crippen LogP contribution in [0, 0.1) is 11.8 Å². The van der Waals surface area contributed by atoms with Crippen molar-refractivity contribution in [3.05, 3.63) is 0 Å². The van der Waals surface area contributed by atoms with Gasteiger partial charge in [-0.15, -0.1) is 0 Å². The Hall–Kier alpha value is -1.30. The number of nitrogens with zero attached hydrogens (tertiary/aromatic N) is 3. The molecule has 2 N–H and O–H groups in total. The van der Waals surface area contributed by atoms with Gasteiger partial charge in [0.2, 0.25) is 5.91 Å². The van der Waals surface area contributed by atoms with Crippen molar-refractivity contribution >= 4 is 11.9 Å². The summed E-state index contributed by atoms with van der Waals surface area (Å²) in [7, 11) is 1.77. The normalized spacial score (nSPS) is 34.3. The molecule has 0 aromatic heterocycles. The lowest BCUT2D eigenvalue weighted by molar-refractivity contribution is -0.134. The van der Waals surface area contributed by atoms with E-state index in [2.05, 4.69) is 0 Å². The van der Waals surface area contributed by atoms with E-state index in [0.29, 0.717) is 24.9 Å². The van der Waals surface area contributed by atoms with E-state index in [1.54, 1.807) is 16.8 Å². The Morgan fingerprint density at radius 2 is 1.89 bits per heavy atom. The molecule has 3 rings (SSSR count). The summed E-state index contributed by atoms with van der Waals surface area (Å²) in [5.41, 5.74) is 6.14. The largest absolute Gasteiger partial charge is 0.340 e. The highest BCUT2D eigenvalue weighted by molar-refractivity contribution is 5.85. The van der Waals surface area contributed by atoms with Crippen LogP contribution in [-0.2, 0) is 4.79 Å². The first kappa shape index (κ1) is 12.7. The lowest BCUT2D eigenvalue weighted by Gasteiger charge is -2.36. The average Bonchev–Trinajstić information content (AvgIpc) is 2.79. The van der Waals surface area contributed by atoms with Gasteiger partial charge in [-0.25, -0.2) is 4.79 Å². The Balaban J connectivity index is 1.58. The fraction of sp³-hybridized carbons (Fsp3) is 0.846. The second-order valence-corrected chi connectivity index (χ2v) is 6.10. The monoisotopic (exact) mass is 266 g/mol. The molecule has 2 bridgehead atoms. The molecule has 6 nitrogen and oxygen atoms in total. The summed E-state index contributed by atoms with van der Waals surface area (Å²) in [6, 6.07) is 0.230. The lowest BCUT2D eigenvalue weighted by atomic mass is 9.93. The number of likely N-dealkylation sites (tertiary alicyclic amines) is 1. The van der Waals surface area contributed by atoms with E-state index < -0.39 is 0 Å². The summed E-state index contributed by atoms with van der Waals surface area (Å²) in [6.45, 7) is 3.13. The van der Waals surface area contributed by atoms with Crippen molar-refractivity contribution in [2.24, 2.45) is 17.6 Å². The molecule has 0 aromatic rings. The van der Waals surface area contributed by atoms with Crippen LogP contribution < -0.4 is 5.73 Å². The zero-order valence-electron chi connectivity index (χ0n) is 11.4. The molecule has 1 saturated carbocycles. The lowest BCUT2D eigenvalue weighted by Crippen LogP contribution is -2.53. The third-order valence-electron chi connectivity index (χ3n) is 4.89. The van der Waals surface area contributed by atoms with Gasteiger partial charge in [-0.05, 0) is 24.7 Å². The maximum absolute atomic E-state index is 12.3. The molecule has 2 saturated heterocycles. The topological polar surface area (TPSA) is 69.9 Å². The van der Waals surface area contributed by atoms with Crippen LogP contribution in [0.5, 0.6) is 0 Å². The van der Waals surface area contributed by atoms with Gasteiger partial charge in [-0.1, -0.05) is 0 Å². The van der Waals surface area contributed by atoms with Gasteiger partial charge >= 0.3 is 6.03 Å². The molecule has 3 amide bonds. The van der Waals surface area contributed by atoms with Crippen LogP contribution in [0.3, 0.4) is 0 Å². The Labute approximate surface area is 113 Å². The van der Waals surface area contributed by atoms with E-state index in [1.807, 2.05) is 4.90 Å². The second kappa shape index (κ2) is 4.67. The van der Waals surface area contributed by atoms with Gasteiger partial charge in [-0.2, -0.15) is 0 Å². The van der Waals surface area contributed by atoms with Gasteiger partial charge in [0.15, 0.2) is 0 Å². The van der Waals surface area contributed by atoms with E-state index in [4.69, 9.17) is 5.73 Å². The zero-order chi connectivity index (χ0) is 13.6. The van der Waals surface area contributed by atoms with E-state index >= 15 is 0 Å². The van der Waals surface area contributed by atoms with Crippen LogP contribution in [-0.4, -0.2) is 72.5 Å². The van der Waals surface area contributed by atoms with Crippen molar-refractivity contribution in [1.82, 2.24) is 14.7 Å². The van der Waals surface area contributed by atoms with Gasteiger partial charge in [-0.3, -0.25) is 4.79 Å². The fourth-order valence-corrected chi connectivity index (χ4v) is 3.58. The predicted octanol–water partition coefficient (Wildman–Crippen LogP) is -0.450. The molecule has 3 aliphatic rings. The number of amides is 3. The number of nitrogens with two attached hydrogens (primary N) is 1. The van der Waals surface area contributed by atoms with Crippen LogP contribution in [0.1, 0.15) is 12.8 Å². The smallest absolute Gasteiger partial charge is 0.320 e. The maximum Gasteiger partial charge on any atom is 0.320 e. The molecule has 1 aliphatic carbocycles. The summed E-state index contributed by atoms with van der Waals surface area (Å²) in [5, 5.41) is 0. The van der Waals surface area contributed by atoms with Crippen molar-refractivity contribution in [2.75, 3.05) is 39.8 Å². The number of carbonyl (C=O) groups excluding carboxylic acids is 2. The molecular weight excluding hydrogens is 244 g/mol. The van der Waals surface area contributed by atoms with Gasteiger partial charge in [0, 0.05) is 39.3 Å². The second-order valence-electron chi connectivity index (χ2n) is 6.10. The zero-order valence-corrected chi connectivity index (χ0v) is 11.4. The van der Waals surface area contributed by atoms with Crippen LogP contribution in [0.4, 0.5) is 4.79 Å². The SMILES string of the molecule is CN1CCN(CC(=O)N2C[C@H]3CC[C@@H](C2)C3N)C1=O. The molecule has 2 heterocycles. The first-order valence-electron chi connectivity index (χ1n) is 7.09. The number of hydrogen-bond donors (Lipinski definition) is 1. The van der Waals surface area contributed by atoms with Crippen LogP contribution >= 0.6 is 0 Å². The van der Waals surface area contributed by atoms with Crippen molar-refractivity contribution < 1.29 is 9.59 Å². The molecule has 0 radical (unpaired) electrons. The summed E-state index contributed by atoms with van der Waals surface area (Å²) in [4.78, 5) is 29.3. The number of rotatable bonds is 2. The minimum Gasteiger partial charge on any atom is -0.340 e. The summed E-state index contributed by atoms with van der Waals surface area (Å²) >= 11 is 0. The minimum absolute atomic E-state index is 0.0370.